The maximum Gasteiger partial charge on any atom is 0.144 e. The van der Waals surface area contributed by atoms with Crippen LogP contribution in [0.5, 0.6) is 0 Å². The second-order valence-electron chi connectivity index (χ2n) is 5.50. The smallest absolute Gasteiger partial charge is 0.144 e. The topological polar surface area (TPSA) is 41.1 Å². The molecule has 19 heavy (non-hydrogen) atoms. The van der Waals surface area contributed by atoms with E-state index < -0.39 is 0 Å². The molecule has 1 saturated heterocycles. The van der Waals surface area contributed by atoms with Crippen molar-refractivity contribution in [3.63, 3.8) is 0 Å². The van der Waals surface area contributed by atoms with E-state index in [0.29, 0.717) is 0 Å². The lowest BCUT2D eigenvalue weighted by molar-refractivity contribution is 0.309. The first-order valence-corrected chi connectivity index (χ1v) is 7.59. The van der Waals surface area contributed by atoms with E-state index in [-0.39, 0.29) is 0 Å². The SMILES string of the molecule is CCCNc1cnc(CN2CCC(CCC)C2)cn1. The molecule has 0 bridgehead atoms. The Morgan fingerprint density at radius 1 is 1.26 bits per heavy atom. The van der Waals surface area contributed by atoms with Crippen molar-refractivity contribution in [2.45, 2.75) is 46.1 Å². The Labute approximate surface area is 116 Å². The van der Waals surface area contributed by atoms with Crippen LogP contribution in [0.3, 0.4) is 0 Å². The van der Waals surface area contributed by atoms with Crippen LogP contribution in [0.1, 0.15) is 45.2 Å². The predicted molar refractivity (Wildman–Crippen MR) is 79.1 cm³/mol. The van der Waals surface area contributed by atoms with E-state index in [1.807, 2.05) is 12.4 Å². The molecule has 0 saturated carbocycles. The van der Waals surface area contributed by atoms with E-state index >= 15 is 0 Å². The van der Waals surface area contributed by atoms with Gasteiger partial charge in [-0.25, -0.2) is 4.98 Å². The molecular weight excluding hydrogens is 236 g/mol. The number of anilines is 1. The van der Waals surface area contributed by atoms with Crippen LogP contribution in [0.25, 0.3) is 0 Å². The minimum Gasteiger partial charge on any atom is -0.369 e. The van der Waals surface area contributed by atoms with Gasteiger partial charge in [-0.1, -0.05) is 20.3 Å². The van der Waals surface area contributed by atoms with Gasteiger partial charge in [0.1, 0.15) is 5.82 Å². The summed E-state index contributed by atoms with van der Waals surface area (Å²) in [5.74, 6) is 1.78. The lowest BCUT2D eigenvalue weighted by Crippen LogP contribution is -2.21. The van der Waals surface area contributed by atoms with Crippen LogP contribution < -0.4 is 5.32 Å². The molecule has 0 aliphatic carbocycles. The summed E-state index contributed by atoms with van der Waals surface area (Å²) in [5.41, 5.74) is 1.08. The van der Waals surface area contributed by atoms with Gasteiger partial charge in [-0.15, -0.1) is 0 Å². The molecular formula is C15H26N4. The Kier molecular flexibility index (Phi) is 5.58. The molecule has 0 radical (unpaired) electrons. The number of nitrogens with one attached hydrogen (secondary N) is 1. The highest BCUT2D eigenvalue weighted by atomic mass is 15.2. The molecule has 2 rings (SSSR count). The first kappa shape index (κ1) is 14.3. The third-order valence-corrected chi connectivity index (χ3v) is 3.71. The van der Waals surface area contributed by atoms with E-state index in [2.05, 4.69) is 34.0 Å². The molecule has 1 aromatic rings. The molecule has 4 nitrogen and oxygen atoms in total. The number of aromatic nitrogens is 2. The maximum absolute atomic E-state index is 4.50. The minimum atomic E-state index is 0.885. The fourth-order valence-corrected chi connectivity index (χ4v) is 2.71. The number of rotatable bonds is 7. The standard InChI is InChI=1S/C15H26N4/c1-3-5-13-6-8-19(11-13)12-14-9-18-15(10-17-14)16-7-4-2/h9-10,13H,3-8,11-12H2,1-2H3,(H,16,18). The van der Waals surface area contributed by atoms with Crippen molar-refractivity contribution < 1.29 is 0 Å². The summed E-state index contributed by atoms with van der Waals surface area (Å²) in [6, 6.07) is 0. The monoisotopic (exact) mass is 262 g/mol. The number of nitrogens with zero attached hydrogens (tertiary/aromatic N) is 3. The molecule has 2 heterocycles. The highest BCUT2D eigenvalue weighted by Crippen LogP contribution is 2.21. The Balaban J connectivity index is 1.80. The second-order valence-corrected chi connectivity index (χ2v) is 5.50. The van der Waals surface area contributed by atoms with Gasteiger partial charge in [0.15, 0.2) is 0 Å². The largest absolute Gasteiger partial charge is 0.369 e. The van der Waals surface area contributed by atoms with Crippen molar-refractivity contribution >= 4 is 5.82 Å². The van der Waals surface area contributed by atoms with Gasteiger partial charge >= 0.3 is 0 Å². The summed E-state index contributed by atoms with van der Waals surface area (Å²) >= 11 is 0. The van der Waals surface area contributed by atoms with Gasteiger partial charge in [-0.2, -0.15) is 0 Å². The zero-order valence-electron chi connectivity index (χ0n) is 12.2. The van der Waals surface area contributed by atoms with Crippen molar-refractivity contribution in [1.29, 1.82) is 0 Å². The van der Waals surface area contributed by atoms with Crippen molar-refractivity contribution in [2.75, 3.05) is 25.0 Å². The maximum atomic E-state index is 4.50. The molecule has 0 spiro atoms. The van der Waals surface area contributed by atoms with Crippen LogP contribution in [0.2, 0.25) is 0 Å². The van der Waals surface area contributed by atoms with Gasteiger partial charge in [-0.05, 0) is 31.7 Å². The van der Waals surface area contributed by atoms with Crippen molar-refractivity contribution in [3.8, 4) is 0 Å². The lowest BCUT2D eigenvalue weighted by Gasteiger charge is -2.15. The molecule has 1 unspecified atom stereocenters. The third-order valence-electron chi connectivity index (χ3n) is 3.71. The van der Waals surface area contributed by atoms with Crippen molar-refractivity contribution in [2.24, 2.45) is 5.92 Å². The van der Waals surface area contributed by atoms with Gasteiger partial charge < -0.3 is 5.32 Å². The first-order chi connectivity index (χ1) is 9.31. The molecule has 1 aliphatic heterocycles. The summed E-state index contributed by atoms with van der Waals surface area (Å²) in [6.45, 7) is 8.76. The molecule has 4 heteroatoms. The van der Waals surface area contributed by atoms with Crippen LogP contribution in [-0.4, -0.2) is 34.5 Å². The van der Waals surface area contributed by atoms with E-state index in [1.54, 1.807) is 0 Å². The zero-order chi connectivity index (χ0) is 13.5. The fraction of sp³-hybridized carbons (Fsp3) is 0.733. The molecule has 106 valence electrons. The first-order valence-electron chi connectivity index (χ1n) is 7.59. The molecule has 1 fully saturated rings. The van der Waals surface area contributed by atoms with E-state index in [4.69, 9.17) is 0 Å². The minimum absolute atomic E-state index is 0.885. The predicted octanol–water partition coefficient (Wildman–Crippen LogP) is 2.92. The normalized spacial score (nSPS) is 19.8. The number of likely N-dealkylation sites (tertiary alicyclic amines) is 1. The van der Waals surface area contributed by atoms with Crippen LogP contribution in [0, 0.1) is 5.92 Å². The molecule has 1 aliphatic rings. The van der Waals surface area contributed by atoms with Gasteiger partial charge in [0.05, 0.1) is 18.1 Å². The van der Waals surface area contributed by atoms with E-state index in [0.717, 1.165) is 36.9 Å². The van der Waals surface area contributed by atoms with Gasteiger partial charge in [-0.3, -0.25) is 9.88 Å². The number of hydrogen-bond acceptors (Lipinski definition) is 4. The summed E-state index contributed by atoms with van der Waals surface area (Å²) in [4.78, 5) is 11.4. The van der Waals surface area contributed by atoms with Crippen molar-refractivity contribution in [1.82, 2.24) is 14.9 Å². The van der Waals surface area contributed by atoms with Crippen LogP contribution >= 0.6 is 0 Å². The molecule has 0 amide bonds. The highest BCUT2D eigenvalue weighted by Gasteiger charge is 2.21. The van der Waals surface area contributed by atoms with Gasteiger partial charge in [0, 0.05) is 19.6 Å². The quantitative estimate of drug-likeness (QED) is 0.820. The average Bonchev–Trinajstić information content (AvgIpc) is 2.86. The number of hydrogen-bond donors (Lipinski definition) is 1. The molecule has 1 N–H and O–H groups in total. The highest BCUT2D eigenvalue weighted by molar-refractivity contribution is 5.30. The van der Waals surface area contributed by atoms with Crippen LogP contribution in [0.15, 0.2) is 12.4 Å². The summed E-state index contributed by atoms with van der Waals surface area (Å²) in [7, 11) is 0. The summed E-state index contributed by atoms with van der Waals surface area (Å²) in [5, 5.41) is 3.25. The van der Waals surface area contributed by atoms with E-state index in [9.17, 15) is 0 Å². The average molecular weight is 262 g/mol. The van der Waals surface area contributed by atoms with E-state index in [1.165, 1.54) is 32.4 Å². The molecule has 1 aromatic heterocycles. The van der Waals surface area contributed by atoms with Gasteiger partial charge in [0.25, 0.3) is 0 Å². The Hall–Kier alpha value is -1.16. The summed E-state index contributed by atoms with van der Waals surface area (Å²) < 4.78 is 0. The fourth-order valence-electron chi connectivity index (χ4n) is 2.71. The lowest BCUT2D eigenvalue weighted by atomic mass is 10.0. The Morgan fingerprint density at radius 2 is 2.16 bits per heavy atom. The summed E-state index contributed by atoms with van der Waals surface area (Å²) in [6.07, 6.45) is 8.88. The van der Waals surface area contributed by atoms with Crippen LogP contribution in [0.4, 0.5) is 5.82 Å². The Bertz CT molecular complexity index is 363. The zero-order valence-corrected chi connectivity index (χ0v) is 12.2. The van der Waals surface area contributed by atoms with Crippen LogP contribution in [-0.2, 0) is 6.54 Å². The Morgan fingerprint density at radius 3 is 2.84 bits per heavy atom. The second kappa shape index (κ2) is 7.43. The molecule has 0 aromatic carbocycles. The molecule has 1 atom stereocenters. The third kappa shape index (κ3) is 4.46. The van der Waals surface area contributed by atoms with Crippen molar-refractivity contribution in [3.05, 3.63) is 18.1 Å². The van der Waals surface area contributed by atoms with Gasteiger partial charge in [0.2, 0.25) is 0 Å².